The van der Waals surface area contributed by atoms with Crippen LogP contribution in [0.1, 0.15) is 73.1 Å². The highest BCUT2D eigenvalue weighted by Crippen LogP contribution is 2.34. The van der Waals surface area contributed by atoms with Crippen LogP contribution in [0.15, 0.2) is 11.6 Å². The van der Waals surface area contributed by atoms with Crippen LogP contribution in [0.25, 0.3) is 0 Å². The van der Waals surface area contributed by atoms with Crippen LogP contribution in [0.3, 0.4) is 0 Å². The molecule has 0 bridgehead atoms. The SMILES string of the molecule is CC(C)(C)OC(=O)N1C(C(O)C2=CCCCCCC2)COC1(C)C. The third-order valence-electron chi connectivity index (χ3n) is 4.68. The van der Waals surface area contributed by atoms with Crippen LogP contribution in [0.5, 0.6) is 0 Å². The van der Waals surface area contributed by atoms with Crippen LogP contribution in [0, 0.1) is 0 Å². The van der Waals surface area contributed by atoms with Gasteiger partial charge in [-0.3, -0.25) is 4.90 Å². The summed E-state index contributed by atoms with van der Waals surface area (Å²) in [7, 11) is 0. The Balaban J connectivity index is 2.18. The number of hydrogen-bond donors (Lipinski definition) is 1. The van der Waals surface area contributed by atoms with Gasteiger partial charge in [0.15, 0.2) is 0 Å². The minimum atomic E-state index is -0.782. The van der Waals surface area contributed by atoms with E-state index < -0.39 is 29.6 Å². The number of aliphatic hydroxyl groups is 1. The Morgan fingerprint density at radius 2 is 2.00 bits per heavy atom. The minimum Gasteiger partial charge on any atom is -0.444 e. The smallest absolute Gasteiger partial charge is 0.413 e. The highest BCUT2D eigenvalue weighted by Gasteiger charge is 2.48. The summed E-state index contributed by atoms with van der Waals surface area (Å²) < 4.78 is 11.4. The molecule has 2 aliphatic rings. The molecular formula is C19H33NO4. The van der Waals surface area contributed by atoms with Crippen molar-refractivity contribution in [3.8, 4) is 0 Å². The maximum absolute atomic E-state index is 12.7. The van der Waals surface area contributed by atoms with Gasteiger partial charge in [-0.15, -0.1) is 0 Å². The molecule has 1 N–H and O–H groups in total. The molecule has 1 fully saturated rings. The molecule has 5 nitrogen and oxygen atoms in total. The fourth-order valence-electron chi connectivity index (χ4n) is 3.46. The first-order valence-electron chi connectivity index (χ1n) is 9.15. The molecule has 0 spiro atoms. The van der Waals surface area contributed by atoms with Gasteiger partial charge in [0.25, 0.3) is 0 Å². The standard InChI is InChI=1S/C19H33NO4/c1-18(2,3)24-17(22)20-15(13-23-19(20,4)5)16(21)14-11-9-7-6-8-10-12-14/h11,15-16,21H,6-10,12-13H2,1-5H3. The van der Waals surface area contributed by atoms with Crippen LogP contribution in [-0.2, 0) is 9.47 Å². The maximum atomic E-state index is 12.7. The largest absolute Gasteiger partial charge is 0.444 e. The zero-order valence-corrected chi connectivity index (χ0v) is 15.8. The van der Waals surface area contributed by atoms with Crippen LogP contribution in [0.2, 0.25) is 0 Å². The lowest BCUT2D eigenvalue weighted by Gasteiger charge is -2.37. The van der Waals surface area contributed by atoms with Gasteiger partial charge in [-0.05, 0) is 65.9 Å². The fourth-order valence-corrected chi connectivity index (χ4v) is 3.46. The second kappa shape index (κ2) is 7.44. The Kier molecular flexibility index (Phi) is 5.97. The molecule has 0 aromatic carbocycles. The highest BCUT2D eigenvalue weighted by molar-refractivity contribution is 5.70. The molecule has 0 aromatic heterocycles. The number of aliphatic hydroxyl groups excluding tert-OH is 1. The van der Waals surface area contributed by atoms with Crippen molar-refractivity contribution in [2.75, 3.05) is 6.61 Å². The molecule has 0 saturated carbocycles. The summed E-state index contributed by atoms with van der Waals surface area (Å²) in [6, 6.07) is -0.402. The van der Waals surface area contributed by atoms with Gasteiger partial charge in [-0.2, -0.15) is 0 Å². The van der Waals surface area contributed by atoms with E-state index in [-0.39, 0.29) is 0 Å². The Morgan fingerprint density at radius 3 is 2.67 bits per heavy atom. The van der Waals surface area contributed by atoms with Crippen molar-refractivity contribution in [2.45, 2.75) is 96.6 Å². The van der Waals surface area contributed by atoms with Gasteiger partial charge in [-0.25, -0.2) is 4.79 Å². The second-order valence-electron chi connectivity index (χ2n) is 8.35. The van der Waals surface area contributed by atoms with Crippen molar-refractivity contribution >= 4 is 6.09 Å². The van der Waals surface area contributed by atoms with Gasteiger partial charge in [0.05, 0.1) is 18.8 Å². The molecule has 2 rings (SSSR count). The molecule has 1 aliphatic heterocycles. The van der Waals surface area contributed by atoms with Crippen molar-refractivity contribution < 1.29 is 19.4 Å². The van der Waals surface area contributed by atoms with Crippen LogP contribution in [-0.4, -0.2) is 46.2 Å². The Hall–Kier alpha value is -1.07. The normalized spacial score (nSPS) is 26.3. The first-order chi connectivity index (χ1) is 11.1. The monoisotopic (exact) mass is 339 g/mol. The molecule has 5 heteroatoms. The number of allylic oxidation sites excluding steroid dienone is 1. The number of hydrogen-bond acceptors (Lipinski definition) is 4. The molecule has 0 radical (unpaired) electrons. The topological polar surface area (TPSA) is 59.0 Å². The number of amides is 1. The van der Waals surface area contributed by atoms with Crippen LogP contribution in [0.4, 0.5) is 4.79 Å². The van der Waals surface area contributed by atoms with Crippen molar-refractivity contribution in [2.24, 2.45) is 0 Å². The zero-order chi connectivity index (χ0) is 18.0. The first kappa shape index (κ1) is 19.3. The van der Waals surface area contributed by atoms with Gasteiger partial charge >= 0.3 is 6.09 Å². The first-order valence-corrected chi connectivity index (χ1v) is 9.15. The van der Waals surface area contributed by atoms with E-state index in [9.17, 15) is 9.90 Å². The average molecular weight is 339 g/mol. The number of carbonyl (C=O) groups is 1. The lowest BCUT2D eigenvalue weighted by atomic mass is 9.92. The third-order valence-corrected chi connectivity index (χ3v) is 4.68. The number of carbonyl (C=O) groups excluding carboxylic acids is 1. The van der Waals surface area contributed by atoms with E-state index in [1.807, 2.05) is 34.6 Å². The van der Waals surface area contributed by atoms with E-state index in [1.54, 1.807) is 4.90 Å². The molecule has 1 aliphatic carbocycles. The summed E-state index contributed by atoms with van der Waals surface area (Å²) in [4.78, 5) is 14.3. The van der Waals surface area contributed by atoms with E-state index >= 15 is 0 Å². The maximum Gasteiger partial charge on any atom is 0.413 e. The van der Waals surface area contributed by atoms with Crippen molar-refractivity contribution in [3.05, 3.63) is 11.6 Å². The molecular weight excluding hydrogens is 306 g/mol. The molecule has 1 saturated heterocycles. The lowest BCUT2D eigenvalue weighted by molar-refractivity contribution is -0.0665. The fraction of sp³-hybridized carbons (Fsp3) is 0.842. The van der Waals surface area contributed by atoms with Crippen molar-refractivity contribution in [1.29, 1.82) is 0 Å². The van der Waals surface area contributed by atoms with E-state index in [0.717, 1.165) is 24.8 Å². The second-order valence-corrected chi connectivity index (χ2v) is 8.35. The molecule has 0 aromatic rings. The Morgan fingerprint density at radius 1 is 1.33 bits per heavy atom. The molecule has 2 unspecified atom stereocenters. The van der Waals surface area contributed by atoms with E-state index in [2.05, 4.69) is 6.08 Å². The van der Waals surface area contributed by atoms with Gasteiger partial charge in [0.1, 0.15) is 11.3 Å². The predicted octanol–water partition coefficient (Wildman–Crippen LogP) is 4.00. The Bertz CT molecular complexity index is 478. The lowest BCUT2D eigenvalue weighted by Crippen LogP contribution is -2.53. The molecule has 138 valence electrons. The van der Waals surface area contributed by atoms with E-state index in [4.69, 9.17) is 9.47 Å². The highest BCUT2D eigenvalue weighted by atomic mass is 16.6. The summed E-state index contributed by atoms with van der Waals surface area (Å²) in [5.74, 6) is 0. The molecule has 2 atom stereocenters. The number of rotatable bonds is 2. The van der Waals surface area contributed by atoms with Crippen molar-refractivity contribution in [1.82, 2.24) is 4.90 Å². The quantitative estimate of drug-likeness (QED) is 0.773. The summed E-state index contributed by atoms with van der Waals surface area (Å²) >= 11 is 0. The zero-order valence-electron chi connectivity index (χ0n) is 15.8. The molecule has 1 heterocycles. The summed E-state index contributed by atoms with van der Waals surface area (Å²) in [6.07, 6.45) is 7.62. The summed E-state index contributed by atoms with van der Waals surface area (Å²) in [5, 5.41) is 10.9. The van der Waals surface area contributed by atoms with Crippen LogP contribution < -0.4 is 0 Å². The molecule has 1 amide bonds. The minimum absolute atomic E-state index is 0.324. The third kappa shape index (κ3) is 4.73. The van der Waals surface area contributed by atoms with Gasteiger partial charge < -0.3 is 14.6 Å². The average Bonchev–Trinajstić information content (AvgIpc) is 2.71. The predicted molar refractivity (Wildman–Crippen MR) is 93.7 cm³/mol. The van der Waals surface area contributed by atoms with Crippen molar-refractivity contribution in [3.63, 3.8) is 0 Å². The van der Waals surface area contributed by atoms with E-state index in [1.165, 1.54) is 19.3 Å². The van der Waals surface area contributed by atoms with Crippen LogP contribution >= 0.6 is 0 Å². The summed E-state index contributed by atoms with van der Waals surface area (Å²) in [5.41, 5.74) is -0.324. The number of nitrogens with zero attached hydrogens (tertiary/aromatic N) is 1. The van der Waals surface area contributed by atoms with Gasteiger partial charge in [0.2, 0.25) is 0 Å². The van der Waals surface area contributed by atoms with Gasteiger partial charge in [-0.1, -0.05) is 18.9 Å². The van der Waals surface area contributed by atoms with Gasteiger partial charge in [0, 0.05) is 0 Å². The summed E-state index contributed by atoms with van der Waals surface area (Å²) in [6.45, 7) is 9.55. The number of ether oxygens (including phenoxy) is 2. The Labute approximate surface area is 146 Å². The molecule has 24 heavy (non-hydrogen) atoms. The van der Waals surface area contributed by atoms with E-state index in [0.29, 0.717) is 6.61 Å².